The lowest BCUT2D eigenvalue weighted by Gasteiger charge is -2.20. The van der Waals surface area contributed by atoms with E-state index in [-0.39, 0.29) is 5.78 Å². The van der Waals surface area contributed by atoms with Crippen LogP contribution in [0, 0.1) is 18.3 Å². The molecule has 0 saturated carbocycles. The Kier molecular flexibility index (Phi) is 3.13. The number of carbonyl (C=O) groups excluding carboxylic acids is 1. The summed E-state index contributed by atoms with van der Waals surface area (Å²) in [5.74, 6) is 2.57. The van der Waals surface area contributed by atoms with Crippen molar-refractivity contribution >= 4 is 5.78 Å². The van der Waals surface area contributed by atoms with E-state index < -0.39 is 0 Å². The van der Waals surface area contributed by atoms with Crippen LogP contribution in [0.4, 0.5) is 0 Å². The van der Waals surface area contributed by atoms with Crippen LogP contribution in [-0.2, 0) is 4.79 Å². The van der Waals surface area contributed by atoms with Crippen LogP contribution >= 0.6 is 0 Å². The average molecular weight is 151 g/mol. The molecule has 1 unspecified atom stereocenters. The average Bonchev–Trinajstić information content (AvgIpc) is 2.06. The van der Waals surface area contributed by atoms with E-state index in [4.69, 9.17) is 6.42 Å². The van der Waals surface area contributed by atoms with Gasteiger partial charge in [-0.25, -0.2) is 0 Å². The summed E-state index contributed by atoms with van der Waals surface area (Å²) in [5.41, 5.74) is 0. The number of hydrogen-bond donors (Lipinski definition) is 1. The Bertz CT molecular complexity index is 174. The molecule has 0 aromatic rings. The lowest BCUT2D eigenvalue weighted by molar-refractivity contribution is -0.114. The minimum absolute atomic E-state index is 0.0568. The van der Waals surface area contributed by atoms with Gasteiger partial charge in [-0.05, 0) is 37.8 Å². The fourth-order valence-corrected chi connectivity index (χ4v) is 1.42. The number of carbonyl (C=O) groups is 1. The van der Waals surface area contributed by atoms with Crippen LogP contribution in [0.25, 0.3) is 0 Å². The number of rotatable bonds is 2. The molecule has 1 heterocycles. The largest absolute Gasteiger partial charge is 0.316 e. The molecule has 1 atom stereocenters. The number of hydrogen-bond acceptors (Lipinski definition) is 2. The standard InChI is InChI=1S/C9H13NO/c1-2-9(11)6-8-4-3-5-10-7-8/h1,8,10H,3-7H2. The van der Waals surface area contributed by atoms with Gasteiger partial charge in [-0.3, -0.25) is 4.79 Å². The second-order valence-electron chi connectivity index (χ2n) is 2.98. The first-order valence-electron chi connectivity index (χ1n) is 4.03. The summed E-state index contributed by atoms with van der Waals surface area (Å²) in [6.07, 6.45) is 7.84. The van der Waals surface area contributed by atoms with E-state index in [0.717, 1.165) is 19.5 Å². The van der Waals surface area contributed by atoms with Gasteiger partial charge in [-0.2, -0.15) is 0 Å². The predicted octanol–water partition coefficient (Wildman–Crippen LogP) is 0.578. The topological polar surface area (TPSA) is 29.1 Å². The van der Waals surface area contributed by atoms with Crippen molar-refractivity contribution < 1.29 is 4.79 Å². The highest BCUT2D eigenvalue weighted by Gasteiger charge is 2.14. The molecule has 0 aromatic carbocycles. The summed E-state index contributed by atoms with van der Waals surface area (Å²) in [6.45, 7) is 2.04. The van der Waals surface area contributed by atoms with Crippen LogP contribution < -0.4 is 5.32 Å². The van der Waals surface area contributed by atoms with Crippen LogP contribution in [0.15, 0.2) is 0 Å². The zero-order valence-corrected chi connectivity index (χ0v) is 6.60. The molecule has 1 saturated heterocycles. The third-order valence-corrected chi connectivity index (χ3v) is 2.03. The van der Waals surface area contributed by atoms with Gasteiger partial charge in [0.05, 0.1) is 0 Å². The normalized spacial score (nSPS) is 24.1. The molecule has 0 spiro atoms. The smallest absolute Gasteiger partial charge is 0.205 e. The van der Waals surface area contributed by atoms with Crippen molar-refractivity contribution in [3.63, 3.8) is 0 Å². The molecule has 1 aliphatic heterocycles. The highest BCUT2D eigenvalue weighted by Crippen LogP contribution is 2.13. The van der Waals surface area contributed by atoms with Crippen LogP contribution in [0.5, 0.6) is 0 Å². The predicted molar refractivity (Wildman–Crippen MR) is 44.1 cm³/mol. The highest BCUT2D eigenvalue weighted by molar-refractivity contribution is 5.94. The summed E-state index contributed by atoms with van der Waals surface area (Å²) >= 11 is 0. The van der Waals surface area contributed by atoms with E-state index in [1.54, 1.807) is 0 Å². The molecule has 0 radical (unpaired) electrons. The molecule has 1 rings (SSSR count). The van der Waals surface area contributed by atoms with Gasteiger partial charge in [0, 0.05) is 6.42 Å². The number of ketones is 1. The Hall–Kier alpha value is -0.810. The number of nitrogens with one attached hydrogen (secondary N) is 1. The molecular formula is C9H13NO. The summed E-state index contributed by atoms with van der Waals surface area (Å²) in [7, 11) is 0. The first kappa shape index (κ1) is 8.29. The number of terminal acetylenes is 1. The number of piperidine rings is 1. The lowest BCUT2D eigenvalue weighted by Crippen LogP contribution is -2.30. The first-order valence-corrected chi connectivity index (χ1v) is 4.03. The zero-order chi connectivity index (χ0) is 8.10. The van der Waals surface area contributed by atoms with Crippen molar-refractivity contribution in [2.45, 2.75) is 19.3 Å². The molecule has 1 fully saturated rings. The van der Waals surface area contributed by atoms with Crippen LogP contribution in [0.3, 0.4) is 0 Å². The molecule has 0 aliphatic carbocycles. The summed E-state index contributed by atoms with van der Waals surface area (Å²) in [5, 5.41) is 3.24. The van der Waals surface area contributed by atoms with Crippen LogP contribution in [-0.4, -0.2) is 18.9 Å². The van der Waals surface area contributed by atoms with Gasteiger partial charge in [0.2, 0.25) is 5.78 Å². The number of Topliss-reactive ketones (excluding diaryl/α,β-unsaturated/α-hetero) is 1. The Labute approximate surface area is 67.4 Å². The quantitative estimate of drug-likeness (QED) is 0.462. The van der Waals surface area contributed by atoms with Crippen molar-refractivity contribution in [2.75, 3.05) is 13.1 Å². The Morgan fingerprint density at radius 3 is 3.09 bits per heavy atom. The van der Waals surface area contributed by atoms with Gasteiger partial charge in [0.15, 0.2) is 0 Å². The first-order chi connectivity index (χ1) is 5.33. The van der Waals surface area contributed by atoms with E-state index in [0.29, 0.717) is 12.3 Å². The van der Waals surface area contributed by atoms with Crippen molar-refractivity contribution in [2.24, 2.45) is 5.92 Å². The van der Waals surface area contributed by atoms with Crippen molar-refractivity contribution in [3.8, 4) is 12.3 Å². The summed E-state index contributed by atoms with van der Waals surface area (Å²) in [6, 6.07) is 0. The van der Waals surface area contributed by atoms with Crippen LogP contribution in [0.2, 0.25) is 0 Å². The van der Waals surface area contributed by atoms with E-state index in [1.165, 1.54) is 6.42 Å². The molecule has 1 N–H and O–H groups in total. The molecular weight excluding hydrogens is 138 g/mol. The lowest BCUT2D eigenvalue weighted by atomic mass is 9.94. The van der Waals surface area contributed by atoms with Gasteiger partial charge in [0.25, 0.3) is 0 Å². The summed E-state index contributed by atoms with van der Waals surface area (Å²) < 4.78 is 0. The van der Waals surface area contributed by atoms with E-state index in [1.807, 2.05) is 0 Å². The maximum absolute atomic E-state index is 10.8. The van der Waals surface area contributed by atoms with E-state index >= 15 is 0 Å². The minimum Gasteiger partial charge on any atom is -0.316 e. The second kappa shape index (κ2) is 4.15. The fraction of sp³-hybridized carbons (Fsp3) is 0.667. The second-order valence-corrected chi connectivity index (χ2v) is 2.98. The van der Waals surface area contributed by atoms with Gasteiger partial charge < -0.3 is 5.32 Å². The molecule has 60 valence electrons. The molecule has 2 heteroatoms. The fourth-order valence-electron chi connectivity index (χ4n) is 1.42. The van der Waals surface area contributed by atoms with Crippen LogP contribution in [0.1, 0.15) is 19.3 Å². The molecule has 11 heavy (non-hydrogen) atoms. The van der Waals surface area contributed by atoms with E-state index in [9.17, 15) is 4.79 Å². The third kappa shape index (κ3) is 2.73. The molecule has 0 bridgehead atoms. The Morgan fingerprint density at radius 2 is 2.55 bits per heavy atom. The highest BCUT2D eigenvalue weighted by atomic mass is 16.1. The SMILES string of the molecule is C#CC(=O)CC1CCCNC1. The summed E-state index contributed by atoms with van der Waals surface area (Å²) in [4.78, 5) is 10.8. The van der Waals surface area contributed by atoms with Crippen molar-refractivity contribution in [3.05, 3.63) is 0 Å². The Balaban J connectivity index is 2.25. The Morgan fingerprint density at radius 1 is 1.73 bits per heavy atom. The van der Waals surface area contributed by atoms with Gasteiger partial charge >= 0.3 is 0 Å². The maximum atomic E-state index is 10.8. The van der Waals surface area contributed by atoms with E-state index in [2.05, 4.69) is 11.2 Å². The van der Waals surface area contributed by atoms with Gasteiger partial charge in [-0.15, -0.1) is 6.42 Å². The maximum Gasteiger partial charge on any atom is 0.205 e. The zero-order valence-electron chi connectivity index (χ0n) is 6.60. The molecule has 2 nitrogen and oxygen atoms in total. The van der Waals surface area contributed by atoms with Crippen molar-refractivity contribution in [1.82, 2.24) is 5.32 Å². The molecule has 1 aliphatic rings. The van der Waals surface area contributed by atoms with Gasteiger partial charge in [-0.1, -0.05) is 0 Å². The molecule has 0 aromatic heterocycles. The van der Waals surface area contributed by atoms with Gasteiger partial charge in [0.1, 0.15) is 0 Å². The third-order valence-electron chi connectivity index (χ3n) is 2.03. The minimum atomic E-state index is -0.0568. The van der Waals surface area contributed by atoms with Crippen molar-refractivity contribution in [1.29, 1.82) is 0 Å². The monoisotopic (exact) mass is 151 g/mol. The molecule has 0 amide bonds.